The van der Waals surface area contributed by atoms with Crippen molar-refractivity contribution in [1.82, 2.24) is 10.1 Å². The van der Waals surface area contributed by atoms with Gasteiger partial charge in [-0.25, -0.2) is 0 Å². The van der Waals surface area contributed by atoms with Crippen LogP contribution in [0.15, 0.2) is 5.18 Å². The van der Waals surface area contributed by atoms with Crippen LogP contribution in [-0.4, -0.2) is 40.8 Å². The van der Waals surface area contributed by atoms with Gasteiger partial charge >= 0.3 is 0 Å². The normalized spacial score (nSPS) is 23.5. The fourth-order valence-corrected chi connectivity index (χ4v) is 3.96. The lowest BCUT2D eigenvalue weighted by molar-refractivity contribution is -0.114. The lowest BCUT2D eigenvalue weighted by Gasteiger charge is -2.69. The monoisotopic (exact) mass is 315 g/mol. The van der Waals surface area contributed by atoms with Gasteiger partial charge in [0.05, 0.1) is 0 Å². The average molecular weight is 315 g/mol. The predicted octanol–water partition coefficient (Wildman–Crippen LogP) is 4.12. The van der Waals surface area contributed by atoms with Gasteiger partial charge in [0.2, 0.25) is 0 Å². The number of hydroxylamine groups is 4. The Balaban J connectivity index is 6.63. The molecule has 0 radical (unpaired) electrons. The highest BCUT2D eigenvalue weighted by molar-refractivity contribution is 5.20. The molecule has 0 bridgehead atoms. The summed E-state index contributed by atoms with van der Waals surface area (Å²) < 4.78 is 0. The molecule has 0 aromatic rings. The van der Waals surface area contributed by atoms with Gasteiger partial charge in [0.25, 0.3) is 0 Å². The molecule has 0 saturated heterocycles. The first-order chi connectivity index (χ1) is 9.88. The Morgan fingerprint density at radius 2 is 1.32 bits per heavy atom. The summed E-state index contributed by atoms with van der Waals surface area (Å²) in [5.74, 6) is 0. The molecule has 0 spiro atoms. The second-order valence-electron chi connectivity index (χ2n) is 7.10. The van der Waals surface area contributed by atoms with E-state index in [1.807, 2.05) is 27.7 Å². The standard InChI is InChI=1S/C16H33N3O3/c1-10-13(4,14(5,11-2)17-20)16(7,19(9)22)15(6,12-3)18(8)21/h10-12H2,1-9H3/q-2/t13?,14-,15?,16?/m0/s1. The third-order valence-corrected chi connectivity index (χ3v) is 6.92. The van der Waals surface area contributed by atoms with Crippen LogP contribution in [0, 0.1) is 20.7 Å². The molecule has 0 aliphatic heterocycles. The Labute approximate surface area is 135 Å². The summed E-state index contributed by atoms with van der Waals surface area (Å²) in [4.78, 5) is 11.7. The number of hydrogen-bond acceptors (Lipinski definition) is 6. The number of nitroso groups, excluding NO2 is 1. The summed E-state index contributed by atoms with van der Waals surface area (Å²) in [5.41, 5.74) is -3.74. The minimum atomic E-state index is -1.08. The molecule has 0 rings (SSSR count). The maximum absolute atomic E-state index is 12.7. The maximum Gasteiger partial charge on any atom is 0.107 e. The van der Waals surface area contributed by atoms with Crippen LogP contribution >= 0.6 is 0 Å². The van der Waals surface area contributed by atoms with Gasteiger partial charge in [-0.3, -0.25) is 0 Å². The van der Waals surface area contributed by atoms with E-state index in [-0.39, 0.29) is 0 Å². The molecule has 4 atom stereocenters. The first kappa shape index (κ1) is 21.4. The lowest BCUT2D eigenvalue weighted by Crippen LogP contribution is -2.74. The van der Waals surface area contributed by atoms with Gasteiger partial charge < -0.3 is 20.5 Å². The van der Waals surface area contributed by atoms with Gasteiger partial charge in [-0.1, -0.05) is 32.9 Å². The summed E-state index contributed by atoms with van der Waals surface area (Å²) >= 11 is 0. The molecular formula is C16H33N3O3-2. The van der Waals surface area contributed by atoms with E-state index in [9.17, 15) is 15.3 Å². The number of nitrogens with zero attached hydrogens (tertiary/aromatic N) is 3. The van der Waals surface area contributed by atoms with E-state index in [2.05, 4.69) is 5.18 Å². The molecular weight excluding hydrogens is 282 g/mol. The largest absolute Gasteiger partial charge is 0.785 e. The molecule has 6 heteroatoms. The van der Waals surface area contributed by atoms with Crippen molar-refractivity contribution >= 4 is 0 Å². The van der Waals surface area contributed by atoms with Crippen LogP contribution in [0.1, 0.15) is 67.7 Å². The van der Waals surface area contributed by atoms with Crippen molar-refractivity contribution in [2.24, 2.45) is 10.6 Å². The van der Waals surface area contributed by atoms with E-state index in [1.165, 1.54) is 14.1 Å². The van der Waals surface area contributed by atoms with Gasteiger partial charge in [-0.2, -0.15) is 4.91 Å². The van der Waals surface area contributed by atoms with Crippen LogP contribution in [0.2, 0.25) is 0 Å². The van der Waals surface area contributed by atoms with Crippen molar-refractivity contribution < 1.29 is 0 Å². The fourth-order valence-electron chi connectivity index (χ4n) is 3.96. The van der Waals surface area contributed by atoms with Crippen molar-refractivity contribution in [3.8, 4) is 0 Å². The van der Waals surface area contributed by atoms with Crippen LogP contribution in [0.5, 0.6) is 0 Å². The zero-order valence-corrected chi connectivity index (χ0v) is 15.7. The molecule has 0 aromatic heterocycles. The molecule has 0 fully saturated rings. The first-order valence-electron chi connectivity index (χ1n) is 8.04. The molecule has 0 heterocycles. The van der Waals surface area contributed by atoms with Gasteiger partial charge in [-0.15, -0.1) is 0 Å². The third kappa shape index (κ3) is 2.60. The number of likely N-dealkylation sites (N-methyl/N-ethyl adjacent to an activating group) is 2. The van der Waals surface area contributed by atoms with Gasteiger partial charge in [-0.05, 0) is 54.1 Å². The molecule has 3 unspecified atom stereocenters. The predicted molar refractivity (Wildman–Crippen MR) is 92.3 cm³/mol. The summed E-state index contributed by atoms with van der Waals surface area (Å²) in [7, 11) is 2.88. The summed E-state index contributed by atoms with van der Waals surface area (Å²) in [5, 5.41) is 30.1. The highest BCUT2D eigenvalue weighted by atomic mass is 16.5. The zero-order chi connectivity index (χ0) is 18.0. The Bertz CT molecular complexity index is 391. The second-order valence-corrected chi connectivity index (χ2v) is 7.10. The van der Waals surface area contributed by atoms with Crippen molar-refractivity contribution in [2.75, 3.05) is 14.1 Å². The molecule has 0 amide bonds. The average Bonchev–Trinajstić information content (AvgIpc) is 2.50. The SMILES string of the molecule is CCC(C)(N(C)[O-])C(C)(N(C)[O-])C(C)(CC)[C@](C)(CC)N=O. The lowest BCUT2D eigenvalue weighted by atomic mass is 9.52. The second kappa shape index (κ2) is 6.91. The molecule has 0 aromatic carbocycles. The minimum absolute atomic E-state index is 0.490. The van der Waals surface area contributed by atoms with Gasteiger partial charge in [0.15, 0.2) is 0 Å². The Kier molecular flexibility index (Phi) is 6.73. The Morgan fingerprint density at radius 3 is 1.50 bits per heavy atom. The highest BCUT2D eigenvalue weighted by Crippen LogP contribution is 2.56. The quantitative estimate of drug-likeness (QED) is 0.472. The van der Waals surface area contributed by atoms with Crippen molar-refractivity contribution in [3.63, 3.8) is 0 Å². The van der Waals surface area contributed by atoms with E-state index in [1.54, 1.807) is 20.8 Å². The smallest absolute Gasteiger partial charge is 0.107 e. The van der Waals surface area contributed by atoms with Gasteiger partial charge in [0, 0.05) is 16.5 Å². The van der Waals surface area contributed by atoms with E-state index in [4.69, 9.17) is 0 Å². The Morgan fingerprint density at radius 1 is 0.864 bits per heavy atom. The third-order valence-electron chi connectivity index (χ3n) is 6.92. The fraction of sp³-hybridized carbons (Fsp3) is 1.00. The van der Waals surface area contributed by atoms with Crippen molar-refractivity contribution in [1.29, 1.82) is 0 Å². The van der Waals surface area contributed by atoms with Crippen LogP contribution in [0.4, 0.5) is 0 Å². The number of hydrogen-bond donors (Lipinski definition) is 0. The molecule has 0 aliphatic carbocycles. The molecule has 0 saturated carbocycles. The summed E-state index contributed by atoms with van der Waals surface area (Å²) in [6.07, 6.45) is 1.56. The minimum Gasteiger partial charge on any atom is -0.785 e. The van der Waals surface area contributed by atoms with Gasteiger partial charge in [0.1, 0.15) is 5.54 Å². The maximum atomic E-state index is 12.7. The Hall–Kier alpha value is -0.560. The van der Waals surface area contributed by atoms with Crippen LogP contribution in [0.25, 0.3) is 0 Å². The van der Waals surface area contributed by atoms with E-state index < -0.39 is 22.0 Å². The molecule has 132 valence electrons. The molecule has 22 heavy (non-hydrogen) atoms. The zero-order valence-electron chi connectivity index (χ0n) is 15.7. The first-order valence-corrected chi connectivity index (χ1v) is 8.04. The molecule has 6 nitrogen and oxygen atoms in total. The van der Waals surface area contributed by atoms with E-state index in [0.717, 1.165) is 10.1 Å². The number of rotatable bonds is 9. The molecule has 0 aliphatic rings. The van der Waals surface area contributed by atoms with E-state index in [0.29, 0.717) is 19.3 Å². The van der Waals surface area contributed by atoms with Crippen molar-refractivity contribution in [2.45, 2.75) is 84.3 Å². The topological polar surface area (TPSA) is 82.0 Å². The summed E-state index contributed by atoms with van der Waals surface area (Å²) in [6.45, 7) is 13.0. The van der Waals surface area contributed by atoms with Crippen molar-refractivity contribution in [3.05, 3.63) is 15.3 Å². The van der Waals surface area contributed by atoms with E-state index >= 15 is 0 Å². The summed E-state index contributed by atoms with van der Waals surface area (Å²) in [6, 6.07) is 0. The van der Waals surface area contributed by atoms with Crippen LogP contribution in [-0.2, 0) is 0 Å². The van der Waals surface area contributed by atoms with Crippen LogP contribution in [0.3, 0.4) is 0 Å². The molecule has 0 N–H and O–H groups in total. The highest BCUT2D eigenvalue weighted by Gasteiger charge is 2.62. The van der Waals surface area contributed by atoms with Crippen LogP contribution < -0.4 is 0 Å².